The molecule has 1 aromatic carbocycles. The fraction of sp³-hybridized carbons (Fsp3) is 0.364. The summed E-state index contributed by atoms with van der Waals surface area (Å²) in [4.78, 5) is 1.06. The number of thioether (sulfide) groups is 1. The van der Waals surface area contributed by atoms with Crippen LogP contribution < -0.4 is 10.5 Å². The fourth-order valence-electron chi connectivity index (χ4n) is 1.31. The van der Waals surface area contributed by atoms with Crippen molar-refractivity contribution < 1.29 is 9.94 Å². The van der Waals surface area contributed by atoms with Gasteiger partial charge in [0, 0.05) is 16.6 Å². The molecule has 88 valence electrons. The van der Waals surface area contributed by atoms with E-state index in [0.29, 0.717) is 6.42 Å². The molecule has 1 rings (SSSR count). The SMILES string of the molecule is COc1ccccc1SC(C)C/C(N)=N/O. The van der Waals surface area contributed by atoms with Gasteiger partial charge in [-0.1, -0.05) is 24.2 Å². The Morgan fingerprint density at radius 1 is 1.56 bits per heavy atom. The van der Waals surface area contributed by atoms with Crippen LogP contribution in [0.3, 0.4) is 0 Å². The third-order valence-corrected chi connectivity index (χ3v) is 3.18. The first-order chi connectivity index (χ1) is 7.67. The molecule has 0 spiro atoms. The Bertz CT molecular complexity index is 369. The number of ether oxygens (including phenoxy) is 1. The summed E-state index contributed by atoms with van der Waals surface area (Å²) in [6, 6.07) is 7.79. The van der Waals surface area contributed by atoms with Crippen LogP contribution in [0.5, 0.6) is 5.75 Å². The molecule has 1 aromatic rings. The van der Waals surface area contributed by atoms with Crippen LogP contribution in [0.4, 0.5) is 0 Å². The lowest BCUT2D eigenvalue weighted by atomic mass is 10.3. The van der Waals surface area contributed by atoms with E-state index in [1.165, 1.54) is 0 Å². The van der Waals surface area contributed by atoms with Gasteiger partial charge in [-0.3, -0.25) is 0 Å². The Morgan fingerprint density at radius 3 is 2.88 bits per heavy atom. The van der Waals surface area contributed by atoms with Gasteiger partial charge >= 0.3 is 0 Å². The Hall–Kier alpha value is -1.36. The summed E-state index contributed by atoms with van der Waals surface area (Å²) in [5, 5.41) is 11.7. The predicted molar refractivity (Wildman–Crippen MR) is 66.3 cm³/mol. The maximum atomic E-state index is 8.48. The smallest absolute Gasteiger partial charge is 0.140 e. The maximum Gasteiger partial charge on any atom is 0.140 e. The van der Waals surface area contributed by atoms with Crippen LogP contribution in [-0.4, -0.2) is 23.4 Å². The highest BCUT2D eigenvalue weighted by Gasteiger charge is 2.10. The van der Waals surface area contributed by atoms with Gasteiger partial charge in [0.05, 0.1) is 7.11 Å². The average molecular weight is 240 g/mol. The Balaban J connectivity index is 2.65. The van der Waals surface area contributed by atoms with Crippen molar-refractivity contribution in [3.8, 4) is 5.75 Å². The first kappa shape index (κ1) is 12.7. The molecule has 0 saturated carbocycles. The number of para-hydroxylation sites is 1. The molecule has 16 heavy (non-hydrogen) atoms. The molecule has 4 nitrogen and oxygen atoms in total. The molecular weight excluding hydrogens is 224 g/mol. The molecule has 1 atom stereocenters. The van der Waals surface area contributed by atoms with Crippen molar-refractivity contribution in [3.05, 3.63) is 24.3 Å². The highest BCUT2D eigenvalue weighted by molar-refractivity contribution is 8.00. The molecule has 0 radical (unpaired) electrons. The van der Waals surface area contributed by atoms with Crippen molar-refractivity contribution in [1.82, 2.24) is 0 Å². The predicted octanol–water partition coefficient (Wildman–Crippen LogP) is 2.31. The zero-order chi connectivity index (χ0) is 12.0. The van der Waals surface area contributed by atoms with Gasteiger partial charge in [-0.25, -0.2) is 0 Å². The largest absolute Gasteiger partial charge is 0.496 e. The molecule has 0 aliphatic rings. The molecule has 0 saturated heterocycles. The summed E-state index contributed by atoms with van der Waals surface area (Å²) < 4.78 is 5.25. The van der Waals surface area contributed by atoms with E-state index in [1.54, 1.807) is 18.9 Å². The highest BCUT2D eigenvalue weighted by Crippen LogP contribution is 2.32. The summed E-state index contributed by atoms with van der Waals surface area (Å²) in [7, 11) is 1.65. The van der Waals surface area contributed by atoms with Crippen molar-refractivity contribution in [2.24, 2.45) is 10.9 Å². The number of benzene rings is 1. The van der Waals surface area contributed by atoms with Crippen LogP contribution >= 0.6 is 11.8 Å². The zero-order valence-corrected chi connectivity index (χ0v) is 10.2. The number of amidine groups is 1. The molecule has 0 heterocycles. The minimum Gasteiger partial charge on any atom is -0.496 e. The van der Waals surface area contributed by atoms with Crippen molar-refractivity contribution in [2.75, 3.05) is 7.11 Å². The standard InChI is InChI=1S/C11H16N2O2S/c1-8(7-11(12)13-14)16-10-6-4-3-5-9(10)15-2/h3-6,8,14H,7H2,1-2H3,(H2,12,13). The van der Waals surface area contributed by atoms with Gasteiger partial charge in [-0.05, 0) is 12.1 Å². The normalized spacial score (nSPS) is 13.5. The van der Waals surface area contributed by atoms with Crippen molar-refractivity contribution in [2.45, 2.75) is 23.5 Å². The first-order valence-corrected chi connectivity index (χ1v) is 5.81. The van der Waals surface area contributed by atoms with Gasteiger partial charge in [0.15, 0.2) is 0 Å². The Morgan fingerprint density at radius 2 is 2.25 bits per heavy atom. The second-order valence-electron chi connectivity index (χ2n) is 3.37. The van der Waals surface area contributed by atoms with Crippen LogP contribution in [0.25, 0.3) is 0 Å². The number of nitrogens with zero attached hydrogens (tertiary/aromatic N) is 1. The summed E-state index contributed by atoms with van der Waals surface area (Å²) >= 11 is 1.64. The molecule has 1 unspecified atom stereocenters. The molecule has 0 aliphatic carbocycles. The molecule has 0 aliphatic heterocycles. The molecule has 0 aromatic heterocycles. The van der Waals surface area contributed by atoms with Gasteiger partial charge in [0.1, 0.15) is 11.6 Å². The van der Waals surface area contributed by atoms with E-state index in [0.717, 1.165) is 10.6 Å². The van der Waals surface area contributed by atoms with E-state index in [1.807, 2.05) is 31.2 Å². The van der Waals surface area contributed by atoms with Crippen LogP contribution in [0, 0.1) is 0 Å². The van der Waals surface area contributed by atoms with Crippen LogP contribution in [0.1, 0.15) is 13.3 Å². The molecular formula is C11H16N2O2S. The number of nitrogens with two attached hydrogens (primary N) is 1. The molecule has 5 heteroatoms. The van der Waals surface area contributed by atoms with Crippen molar-refractivity contribution in [1.29, 1.82) is 0 Å². The molecule has 0 fully saturated rings. The first-order valence-electron chi connectivity index (χ1n) is 4.93. The Kier molecular flexibility index (Phi) is 4.98. The number of hydrogen-bond acceptors (Lipinski definition) is 4. The lowest BCUT2D eigenvalue weighted by Crippen LogP contribution is -2.16. The average Bonchev–Trinajstić information content (AvgIpc) is 2.29. The topological polar surface area (TPSA) is 67.8 Å². The van der Waals surface area contributed by atoms with E-state index in [4.69, 9.17) is 15.7 Å². The lowest BCUT2D eigenvalue weighted by Gasteiger charge is -2.12. The number of methoxy groups -OCH3 is 1. The Labute approximate surface area is 99.5 Å². The van der Waals surface area contributed by atoms with E-state index in [-0.39, 0.29) is 11.1 Å². The van der Waals surface area contributed by atoms with Crippen LogP contribution in [-0.2, 0) is 0 Å². The molecule has 0 amide bonds. The second-order valence-corrected chi connectivity index (χ2v) is 4.86. The second kappa shape index (κ2) is 6.27. The summed E-state index contributed by atoms with van der Waals surface area (Å²) in [6.07, 6.45) is 0.541. The van der Waals surface area contributed by atoms with Gasteiger partial charge in [-0.2, -0.15) is 0 Å². The van der Waals surface area contributed by atoms with E-state index in [9.17, 15) is 0 Å². The van der Waals surface area contributed by atoms with Gasteiger partial charge in [0.25, 0.3) is 0 Å². The van der Waals surface area contributed by atoms with Gasteiger partial charge < -0.3 is 15.7 Å². The summed E-state index contributed by atoms with van der Waals surface area (Å²) in [5.41, 5.74) is 5.45. The van der Waals surface area contributed by atoms with E-state index in [2.05, 4.69) is 5.16 Å². The maximum absolute atomic E-state index is 8.48. The van der Waals surface area contributed by atoms with Gasteiger partial charge in [0.2, 0.25) is 0 Å². The van der Waals surface area contributed by atoms with Crippen molar-refractivity contribution in [3.63, 3.8) is 0 Å². The molecule has 3 N–H and O–H groups in total. The monoisotopic (exact) mass is 240 g/mol. The zero-order valence-electron chi connectivity index (χ0n) is 9.38. The fourth-order valence-corrected chi connectivity index (χ4v) is 2.42. The summed E-state index contributed by atoms with van der Waals surface area (Å²) in [6.45, 7) is 2.02. The quantitative estimate of drug-likeness (QED) is 0.272. The van der Waals surface area contributed by atoms with E-state index >= 15 is 0 Å². The van der Waals surface area contributed by atoms with Crippen LogP contribution in [0.2, 0.25) is 0 Å². The number of hydrogen-bond donors (Lipinski definition) is 2. The van der Waals surface area contributed by atoms with Crippen LogP contribution in [0.15, 0.2) is 34.3 Å². The number of rotatable bonds is 5. The summed E-state index contributed by atoms with van der Waals surface area (Å²) in [5.74, 6) is 1.09. The van der Waals surface area contributed by atoms with Crippen molar-refractivity contribution >= 4 is 17.6 Å². The van der Waals surface area contributed by atoms with E-state index < -0.39 is 0 Å². The highest BCUT2D eigenvalue weighted by atomic mass is 32.2. The minimum atomic E-state index is 0.229. The lowest BCUT2D eigenvalue weighted by molar-refractivity contribution is 0.317. The number of oxime groups is 1. The van der Waals surface area contributed by atoms with Gasteiger partial charge in [-0.15, -0.1) is 11.8 Å². The third kappa shape index (κ3) is 3.66. The third-order valence-electron chi connectivity index (χ3n) is 2.02. The molecule has 0 bridgehead atoms. The minimum absolute atomic E-state index is 0.229.